The van der Waals surface area contributed by atoms with E-state index in [9.17, 15) is 8.42 Å². The number of nitrogens with one attached hydrogen (secondary N) is 1. The number of ether oxygens (including phenoxy) is 1. The van der Waals surface area contributed by atoms with E-state index in [1.54, 1.807) is 23.5 Å². The first-order valence-corrected chi connectivity index (χ1v) is 10.2. The molecule has 0 atom stereocenters. The summed E-state index contributed by atoms with van der Waals surface area (Å²) in [4.78, 5) is 3.74. The van der Waals surface area contributed by atoms with Crippen LogP contribution in [-0.2, 0) is 10.0 Å². The fraction of sp³-hybridized carbons (Fsp3) is 0.300. The largest absolute Gasteiger partial charge is 0.496 e. The molecule has 2 aromatic carbocycles. The maximum Gasteiger partial charge on any atom is 0.243 e. The molecule has 0 unspecified atom stereocenters. The molecule has 3 aromatic rings. The van der Waals surface area contributed by atoms with Crippen LogP contribution in [0.3, 0.4) is 0 Å². The van der Waals surface area contributed by atoms with Crippen LogP contribution in [0.5, 0.6) is 5.75 Å². The zero-order valence-corrected chi connectivity index (χ0v) is 15.8. The van der Waals surface area contributed by atoms with Gasteiger partial charge in [0.15, 0.2) is 0 Å². The Balaban J connectivity index is 1.73. The fourth-order valence-electron chi connectivity index (χ4n) is 3.55. The number of hydrogen-bond acceptors (Lipinski definition) is 3. The summed E-state index contributed by atoms with van der Waals surface area (Å²) in [5.74, 6) is 0.851. The molecule has 1 saturated heterocycles. The number of nitrogens with zero attached hydrogens (tertiary/aromatic N) is 1. The third-order valence-corrected chi connectivity index (χ3v) is 6.90. The number of fused-ring (bicyclic) bond motifs is 1. The molecule has 1 aliphatic heterocycles. The molecule has 26 heavy (non-hydrogen) atoms. The average Bonchev–Trinajstić information content (AvgIpc) is 3.30. The molecule has 0 bridgehead atoms. The SMILES string of the molecule is COc1ccc(-c2cc3cc(S(=O)(=O)N4CCCC4)ccc3[nH]2)cc1C. The van der Waals surface area contributed by atoms with E-state index in [0.29, 0.717) is 18.0 Å². The van der Waals surface area contributed by atoms with Crippen molar-refractivity contribution in [1.29, 1.82) is 0 Å². The van der Waals surface area contributed by atoms with E-state index in [1.807, 2.05) is 31.2 Å². The highest BCUT2D eigenvalue weighted by Gasteiger charge is 2.27. The summed E-state index contributed by atoms with van der Waals surface area (Å²) in [5.41, 5.74) is 3.99. The van der Waals surface area contributed by atoms with Crippen molar-refractivity contribution < 1.29 is 13.2 Å². The molecule has 5 nitrogen and oxygen atoms in total. The second-order valence-electron chi connectivity index (χ2n) is 6.73. The average molecular weight is 370 g/mol. The number of aryl methyl sites for hydroxylation is 1. The standard InChI is InChI=1S/C20H22N2O3S/c1-14-11-15(5-8-20(14)25-2)19-13-16-12-17(6-7-18(16)21-19)26(23,24)22-9-3-4-10-22/h5-8,11-13,21H,3-4,9-10H2,1-2H3. The third-order valence-electron chi connectivity index (χ3n) is 5.00. The number of aromatic nitrogens is 1. The molecule has 6 heteroatoms. The number of sulfonamides is 1. The number of hydrogen-bond donors (Lipinski definition) is 1. The third kappa shape index (κ3) is 2.89. The van der Waals surface area contributed by atoms with E-state index in [1.165, 1.54) is 0 Å². The van der Waals surface area contributed by atoms with Crippen LogP contribution in [0.1, 0.15) is 18.4 Å². The van der Waals surface area contributed by atoms with Gasteiger partial charge in [0.25, 0.3) is 0 Å². The van der Waals surface area contributed by atoms with Gasteiger partial charge in [-0.15, -0.1) is 0 Å². The van der Waals surface area contributed by atoms with Crippen LogP contribution in [0.2, 0.25) is 0 Å². The van der Waals surface area contributed by atoms with E-state index < -0.39 is 10.0 Å². The number of rotatable bonds is 4. The van der Waals surface area contributed by atoms with Crippen molar-refractivity contribution in [3.8, 4) is 17.0 Å². The Labute approximate surface area is 153 Å². The summed E-state index contributed by atoms with van der Waals surface area (Å²) in [6, 6.07) is 13.3. The van der Waals surface area contributed by atoms with Crippen molar-refractivity contribution in [2.45, 2.75) is 24.7 Å². The molecule has 1 fully saturated rings. The summed E-state index contributed by atoms with van der Waals surface area (Å²) in [5, 5.41) is 0.897. The van der Waals surface area contributed by atoms with E-state index in [4.69, 9.17) is 4.74 Å². The summed E-state index contributed by atoms with van der Waals surface area (Å²) in [6.45, 7) is 3.24. The molecule has 0 amide bonds. The van der Waals surface area contributed by atoms with Crippen molar-refractivity contribution in [2.24, 2.45) is 0 Å². The predicted octanol–water partition coefficient (Wildman–Crippen LogP) is 3.94. The minimum Gasteiger partial charge on any atom is -0.496 e. The fourth-order valence-corrected chi connectivity index (χ4v) is 5.10. The Morgan fingerprint density at radius 3 is 2.50 bits per heavy atom. The Hall–Kier alpha value is -2.31. The Morgan fingerprint density at radius 2 is 1.81 bits per heavy atom. The van der Waals surface area contributed by atoms with Gasteiger partial charge in [0.1, 0.15) is 5.75 Å². The van der Waals surface area contributed by atoms with Crippen LogP contribution < -0.4 is 4.74 Å². The first kappa shape index (κ1) is 17.1. The molecule has 136 valence electrons. The van der Waals surface area contributed by atoms with Crippen LogP contribution in [0.4, 0.5) is 0 Å². The van der Waals surface area contributed by atoms with Gasteiger partial charge in [0.05, 0.1) is 12.0 Å². The normalized spacial score (nSPS) is 15.6. The topological polar surface area (TPSA) is 62.4 Å². The van der Waals surface area contributed by atoms with Gasteiger partial charge in [-0.2, -0.15) is 4.31 Å². The lowest BCUT2D eigenvalue weighted by Gasteiger charge is -2.15. The molecule has 2 heterocycles. The summed E-state index contributed by atoms with van der Waals surface area (Å²) < 4.78 is 32.4. The van der Waals surface area contributed by atoms with Gasteiger partial charge in [-0.05, 0) is 73.4 Å². The molecule has 0 aliphatic carbocycles. The Morgan fingerprint density at radius 1 is 1.04 bits per heavy atom. The molecule has 1 aromatic heterocycles. The summed E-state index contributed by atoms with van der Waals surface area (Å²) >= 11 is 0. The zero-order chi connectivity index (χ0) is 18.3. The Bertz CT molecular complexity index is 1060. The second-order valence-corrected chi connectivity index (χ2v) is 8.67. The zero-order valence-electron chi connectivity index (χ0n) is 15.0. The molecular formula is C20H22N2O3S. The van der Waals surface area contributed by atoms with Gasteiger partial charge in [-0.25, -0.2) is 8.42 Å². The lowest BCUT2D eigenvalue weighted by molar-refractivity contribution is 0.412. The van der Waals surface area contributed by atoms with Crippen LogP contribution in [0, 0.1) is 6.92 Å². The minimum atomic E-state index is -3.40. The highest BCUT2D eigenvalue weighted by atomic mass is 32.2. The molecule has 1 aliphatic rings. The predicted molar refractivity (Wildman–Crippen MR) is 103 cm³/mol. The smallest absolute Gasteiger partial charge is 0.243 e. The van der Waals surface area contributed by atoms with Gasteiger partial charge in [0, 0.05) is 29.7 Å². The highest BCUT2D eigenvalue weighted by molar-refractivity contribution is 7.89. The lowest BCUT2D eigenvalue weighted by atomic mass is 10.1. The maximum atomic E-state index is 12.8. The first-order chi connectivity index (χ1) is 12.5. The van der Waals surface area contributed by atoms with E-state index >= 15 is 0 Å². The molecule has 0 saturated carbocycles. The monoisotopic (exact) mass is 370 g/mol. The molecule has 4 rings (SSSR count). The summed E-state index contributed by atoms with van der Waals surface area (Å²) in [6.07, 6.45) is 1.87. The van der Waals surface area contributed by atoms with Gasteiger partial charge < -0.3 is 9.72 Å². The van der Waals surface area contributed by atoms with Crippen molar-refractivity contribution in [3.05, 3.63) is 48.0 Å². The lowest BCUT2D eigenvalue weighted by Crippen LogP contribution is -2.27. The maximum absolute atomic E-state index is 12.8. The van der Waals surface area contributed by atoms with Crippen molar-refractivity contribution in [2.75, 3.05) is 20.2 Å². The molecule has 0 radical (unpaired) electrons. The second kappa shape index (κ2) is 6.45. The quantitative estimate of drug-likeness (QED) is 0.757. The van der Waals surface area contributed by atoms with Gasteiger partial charge in [-0.1, -0.05) is 0 Å². The number of H-pyrrole nitrogens is 1. The van der Waals surface area contributed by atoms with E-state index in [0.717, 1.165) is 46.3 Å². The highest BCUT2D eigenvalue weighted by Crippen LogP contribution is 2.30. The van der Waals surface area contributed by atoms with Crippen LogP contribution in [-0.4, -0.2) is 37.9 Å². The number of benzene rings is 2. The van der Waals surface area contributed by atoms with Crippen molar-refractivity contribution in [3.63, 3.8) is 0 Å². The minimum absolute atomic E-state index is 0.364. The van der Waals surface area contributed by atoms with Gasteiger partial charge in [-0.3, -0.25) is 0 Å². The summed E-state index contributed by atoms with van der Waals surface area (Å²) in [7, 11) is -1.74. The van der Waals surface area contributed by atoms with Crippen molar-refractivity contribution in [1.82, 2.24) is 9.29 Å². The first-order valence-electron chi connectivity index (χ1n) is 8.77. The van der Waals surface area contributed by atoms with Crippen LogP contribution in [0.15, 0.2) is 47.4 Å². The molecule has 0 spiro atoms. The van der Waals surface area contributed by atoms with Crippen LogP contribution >= 0.6 is 0 Å². The molecule has 1 N–H and O–H groups in total. The van der Waals surface area contributed by atoms with Gasteiger partial charge in [0.2, 0.25) is 10.0 Å². The van der Waals surface area contributed by atoms with Crippen molar-refractivity contribution >= 4 is 20.9 Å². The van der Waals surface area contributed by atoms with Gasteiger partial charge >= 0.3 is 0 Å². The molecular weight excluding hydrogens is 348 g/mol. The Kier molecular flexibility index (Phi) is 4.25. The number of methoxy groups -OCH3 is 1. The van der Waals surface area contributed by atoms with E-state index in [-0.39, 0.29) is 0 Å². The number of aromatic amines is 1. The van der Waals surface area contributed by atoms with E-state index in [2.05, 4.69) is 11.1 Å². The van der Waals surface area contributed by atoms with Crippen LogP contribution in [0.25, 0.3) is 22.2 Å².